The van der Waals surface area contributed by atoms with Crippen molar-refractivity contribution in [1.82, 2.24) is 24.1 Å². The molecule has 0 amide bonds. The molecule has 62 heavy (non-hydrogen) atoms. The maximum absolute atomic E-state index is 14.8. The summed E-state index contributed by atoms with van der Waals surface area (Å²) in [6.07, 6.45) is -4.65. The monoisotopic (exact) mass is 808 g/mol. The fourth-order valence-electron chi connectivity index (χ4n) is 8.64. The Bertz CT molecular complexity index is 3490. The summed E-state index contributed by atoms with van der Waals surface area (Å²) in [5, 5.41) is 13.9. The summed E-state index contributed by atoms with van der Waals surface area (Å²) in [6, 6.07) is 60.8. The van der Waals surface area contributed by atoms with Crippen molar-refractivity contribution in [1.29, 1.82) is 5.26 Å². The molecule has 0 atom stereocenters. The van der Waals surface area contributed by atoms with Crippen molar-refractivity contribution in [2.75, 3.05) is 0 Å². The second-order valence-electron chi connectivity index (χ2n) is 15.1. The number of halogens is 3. The Kier molecular flexibility index (Phi) is 8.55. The molecule has 3 heterocycles. The van der Waals surface area contributed by atoms with Crippen molar-refractivity contribution < 1.29 is 13.2 Å². The number of hydrogen-bond donors (Lipinski definition) is 0. The van der Waals surface area contributed by atoms with E-state index in [1.165, 1.54) is 6.07 Å². The normalized spacial score (nSPS) is 11.8. The number of benzene rings is 8. The Labute approximate surface area is 353 Å². The van der Waals surface area contributed by atoms with E-state index < -0.39 is 11.7 Å². The van der Waals surface area contributed by atoms with Crippen LogP contribution < -0.4 is 0 Å². The molecule has 0 bridgehead atoms. The van der Waals surface area contributed by atoms with Gasteiger partial charge in [0, 0.05) is 38.2 Å². The number of fused-ring (bicyclic) bond motifs is 6. The first-order chi connectivity index (χ1) is 30.3. The molecule has 0 saturated heterocycles. The van der Waals surface area contributed by atoms with Crippen LogP contribution in [0.2, 0.25) is 0 Å². The lowest BCUT2D eigenvalue weighted by molar-refractivity contribution is -0.137. The van der Waals surface area contributed by atoms with Gasteiger partial charge in [-0.1, -0.05) is 121 Å². The van der Waals surface area contributed by atoms with Gasteiger partial charge in [0.1, 0.15) is 0 Å². The zero-order valence-corrected chi connectivity index (χ0v) is 32.7. The summed E-state index contributed by atoms with van der Waals surface area (Å²) in [7, 11) is 0. The van der Waals surface area contributed by atoms with Crippen LogP contribution in [0.1, 0.15) is 11.1 Å². The van der Waals surface area contributed by atoms with E-state index in [1.54, 1.807) is 6.07 Å². The number of aromatic nitrogens is 5. The maximum atomic E-state index is 14.8. The fourth-order valence-corrected chi connectivity index (χ4v) is 8.64. The van der Waals surface area contributed by atoms with Gasteiger partial charge in [0.25, 0.3) is 0 Å². The molecule has 9 heteroatoms. The standard InChI is InChI=1S/C53H31F3N6/c54-53(55,56)37-26-28-49(62-46-23-10-6-19-40(46)41-20-7-11-24-47(41)62)43(31-37)52-59-50(34-14-2-1-3-15-34)58-51(60-52)42-30-36(35-16-12-13-33(29-35)32-57)25-27-48(42)61-44-21-8-4-17-38(44)39-18-5-9-22-45(39)61/h1-31H. The molecule has 294 valence electrons. The third-order valence-electron chi connectivity index (χ3n) is 11.4. The number of hydrogen-bond acceptors (Lipinski definition) is 4. The summed E-state index contributed by atoms with van der Waals surface area (Å²) in [5.41, 5.74) is 7.56. The second kappa shape index (κ2) is 14.4. The van der Waals surface area contributed by atoms with Crippen molar-refractivity contribution in [2.24, 2.45) is 0 Å². The summed E-state index contributed by atoms with van der Waals surface area (Å²) in [5.74, 6) is 0.623. The van der Waals surface area contributed by atoms with Crippen LogP contribution in [0.15, 0.2) is 188 Å². The lowest BCUT2D eigenvalue weighted by atomic mass is 9.99. The molecule has 11 rings (SSSR count). The molecule has 0 aliphatic rings. The molecule has 0 unspecified atom stereocenters. The summed E-state index contributed by atoms with van der Waals surface area (Å²) >= 11 is 0. The van der Waals surface area contributed by atoms with E-state index in [4.69, 9.17) is 15.0 Å². The second-order valence-corrected chi connectivity index (χ2v) is 15.1. The van der Waals surface area contributed by atoms with Crippen LogP contribution in [0.4, 0.5) is 13.2 Å². The van der Waals surface area contributed by atoms with Gasteiger partial charge in [-0.15, -0.1) is 0 Å². The van der Waals surface area contributed by atoms with E-state index in [-0.39, 0.29) is 17.2 Å². The number of para-hydroxylation sites is 4. The lowest BCUT2D eigenvalue weighted by Gasteiger charge is -2.18. The molecule has 0 radical (unpaired) electrons. The van der Waals surface area contributed by atoms with Gasteiger partial charge in [-0.3, -0.25) is 0 Å². The van der Waals surface area contributed by atoms with Crippen LogP contribution in [-0.4, -0.2) is 24.1 Å². The van der Waals surface area contributed by atoms with Crippen LogP contribution in [0.3, 0.4) is 0 Å². The van der Waals surface area contributed by atoms with Gasteiger partial charge in [0.15, 0.2) is 17.5 Å². The molecule has 0 aliphatic heterocycles. The molecule has 0 spiro atoms. The highest BCUT2D eigenvalue weighted by Gasteiger charge is 2.32. The van der Waals surface area contributed by atoms with E-state index in [1.807, 2.05) is 144 Å². The summed E-state index contributed by atoms with van der Waals surface area (Å²) in [6.45, 7) is 0. The first kappa shape index (κ1) is 36.7. The molecule has 3 aromatic heterocycles. The summed E-state index contributed by atoms with van der Waals surface area (Å²) in [4.78, 5) is 15.3. The number of nitrogens with zero attached hydrogens (tertiary/aromatic N) is 6. The van der Waals surface area contributed by atoms with E-state index in [0.29, 0.717) is 28.2 Å². The molecule has 0 fully saturated rings. The van der Waals surface area contributed by atoms with Crippen molar-refractivity contribution in [2.45, 2.75) is 6.18 Å². The lowest BCUT2D eigenvalue weighted by Crippen LogP contribution is -2.09. The predicted octanol–water partition coefficient (Wildman–Crippen LogP) is 13.6. The minimum Gasteiger partial charge on any atom is -0.309 e. The number of alkyl halides is 3. The minimum atomic E-state index is -4.65. The fraction of sp³-hybridized carbons (Fsp3) is 0.0189. The van der Waals surface area contributed by atoms with E-state index in [0.717, 1.165) is 72.6 Å². The smallest absolute Gasteiger partial charge is 0.309 e. The SMILES string of the molecule is N#Cc1cccc(-c2ccc(-n3c4ccccc4c4ccccc43)c(-c3nc(-c4ccccc4)nc(-c4cc(C(F)(F)F)ccc4-n4c5ccccc5c5ccccc54)n3)c2)c1. The van der Waals surface area contributed by atoms with Gasteiger partial charge in [-0.25, -0.2) is 15.0 Å². The molecular weight excluding hydrogens is 778 g/mol. The highest BCUT2D eigenvalue weighted by atomic mass is 19.4. The zero-order valence-electron chi connectivity index (χ0n) is 32.7. The molecule has 8 aromatic carbocycles. The van der Waals surface area contributed by atoms with Gasteiger partial charge in [0.05, 0.1) is 50.6 Å². The maximum Gasteiger partial charge on any atom is 0.416 e. The molecule has 6 nitrogen and oxygen atoms in total. The molecule has 0 N–H and O–H groups in total. The molecule has 0 aliphatic carbocycles. The molecule has 0 saturated carbocycles. The Morgan fingerprint density at radius 2 is 0.839 bits per heavy atom. The largest absolute Gasteiger partial charge is 0.416 e. The third-order valence-corrected chi connectivity index (χ3v) is 11.4. The highest BCUT2D eigenvalue weighted by Crippen LogP contribution is 2.42. The summed E-state index contributed by atoms with van der Waals surface area (Å²) < 4.78 is 48.5. The number of nitriles is 1. The average molecular weight is 809 g/mol. The molecule has 11 aromatic rings. The van der Waals surface area contributed by atoms with Gasteiger partial charge in [-0.05, 0) is 77.9 Å². The van der Waals surface area contributed by atoms with Crippen molar-refractivity contribution >= 4 is 43.6 Å². The van der Waals surface area contributed by atoms with Gasteiger partial charge in [-0.2, -0.15) is 18.4 Å². The van der Waals surface area contributed by atoms with Crippen LogP contribution in [-0.2, 0) is 6.18 Å². The van der Waals surface area contributed by atoms with Gasteiger partial charge < -0.3 is 9.13 Å². The first-order valence-corrected chi connectivity index (χ1v) is 20.0. The van der Waals surface area contributed by atoms with Crippen LogP contribution >= 0.6 is 0 Å². The van der Waals surface area contributed by atoms with Crippen LogP contribution in [0.5, 0.6) is 0 Å². The Morgan fingerprint density at radius 1 is 0.403 bits per heavy atom. The Balaban J connectivity index is 1.25. The van der Waals surface area contributed by atoms with Gasteiger partial charge in [0.2, 0.25) is 0 Å². The first-order valence-electron chi connectivity index (χ1n) is 20.0. The highest BCUT2D eigenvalue weighted by molar-refractivity contribution is 6.11. The predicted molar refractivity (Wildman–Crippen MR) is 240 cm³/mol. The number of rotatable bonds is 6. The van der Waals surface area contributed by atoms with E-state index in [2.05, 4.69) is 34.9 Å². The van der Waals surface area contributed by atoms with Crippen LogP contribution in [0.25, 0.3) is 100 Å². The Hall–Kier alpha value is -8.35. The van der Waals surface area contributed by atoms with Crippen molar-refractivity contribution in [3.05, 3.63) is 199 Å². The minimum absolute atomic E-state index is 0.0712. The zero-order chi connectivity index (χ0) is 42.0. The van der Waals surface area contributed by atoms with Crippen LogP contribution in [0, 0.1) is 11.3 Å². The van der Waals surface area contributed by atoms with Crippen molar-refractivity contribution in [3.8, 4) is 62.7 Å². The average Bonchev–Trinajstić information content (AvgIpc) is 3.84. The van der Waals surface area contributed by atoms with Gasteiger partial charge >= 0.3 is 6.18 Å². The van der Waals surface area contributed by atoms with E-state index in [9.17, 15) is 18.4 Å². The molecular formula is C53H31F3N6. The van der Waals surface area contributed by atoms with Crippen molar-refractivity contribution in [3.63, 3.8) is 0 Å². The van der Waals surface area contributed by atoms with E-state index >= 15 is 0 Å². The Morgan fingerprint density at radius 3 is 1.35 bits per heavy atom. The quantitative estimate of drug-likeness (QED) is 0.168. The topological polar surface area (TPSA) is 72.3 Å². The third kappa shape index (κ3) is 6.08.